The Balaban J connectivity index is 0.000000487. The van der Waals surface area contributed by atoms with Gasteiger partial charge in [-0.15, -0.1) is 0 Å². The minimum Gasteiger partial charge on any atom is -0.496 e. The molecule has 2 aromatic rings. The first-order valence-electron chi connectivity index (χ1n) is 7.45. The summed E-state index contributed by atoms with van der Waals surface area (Å²) in [4.78, 5) is 18.2. The van der Waals surface area contributed by atoms with Crippen molar-refractivity contribution in [1.29, 1.82) is 0 Å². The number of carbonyl (C=O) groups is 2. The van der Waals surface area contributed by atoms with E-state index in [2.05, 4.69) is 34.2 Å². The predicted molar refractivity (Wildman–Crippen MR) is 101 cm³/mol. The number of carboxylic acid groups (broad SMARTS) is 2. The lowest BCUT2D eigenvalue weighted by Gasteiger charge is -2.13. The smallest absolute Gasteiger partial charge is 0.414 e. The van der Waals surface area contributed by atoms with Gasteiger partial charge in [-0.2, -0.15) is 0 Å². The number of halogens is 1. The van der Waals surface area contributed by atoms with Gasteiger partial charge in [-0.05, 0) is 58.2 Å². The Bertz CT molecular complexity index is 766. The summed E-state index contributed by atoms with van der Waals surface area (Å²) in [5, 5.41) is 18.2. The van der Waals surface area contributed by atoms with Crippen molar-refractivity contribution >= 4 is 33.6 Å². The molecule has 0 unspecified atom stereocenters. The van der Waals surface area contributed by atoms with E-state index in [0.717, 1.165) is 28.2 Å². The Morgan fingerprint density at radius 1 is 1.00 bits per heavy atom. The molecule has 8 heteroatoms. The van der Waals surface area contributed by atoms with Crippen LogP contribution < -0.4 is 14.8 Å². The third-order valence-electron chi connectivity index (χ3n) is 3.24. The summed E-state index contributed by atoms with van der Waals surface area (Å²) in [7, 11) is 3.34. The molecular weight excluding hydrogens is 406 g/mol. The average molecular weight is 426 g/mol. The maximum atomic E-state index is 9.10. The van der Waals surface area contributed by atoms with Gasteiger partial charge in [-0.1, -0.05) is 12.1 Å². The molecular formula is C18H20BrNO6. The van der Waals surface area contributed by atoms with E-state index in [-0.39, 0.29) is 0 Å². The van der Waals surface area contributed by atoms with E-state index >= 15 is 0 Å². The Hall–Kier alpha value is -2.74. The molecule has 0 heterocycles. The molecule has 3 N–H and O–H groups in total. The Labute approximate surface area is 159 Å². The van der Waals surface area contributed by atoms with Gasteiger partial charge in [0.1, 0.15) is 11.5 Å². The fraction of sp³-hybridized carbons (Fsp3) is 0.222. The van der Waals surface area contributed by atoms with Crippen molar-refractivity contribution in [1.82, 2.24) is 0 Å². The summed E-state index contributed by atoms with van der Waals surface area (Å²) >= 11 is 3.50. The number of nitrogens with one attached hydrogen (secondary N) is 1. The van der Waals surface area contributed by atoms with Gasteiger partial charge >= 0.3 is 11.9 Å². The van der Waals surface area contributed by atoms with Crippen LogP contribution in [-0.4, -0.2) is 36.4 Å². The number of aryl methyl sites for hydroxylation is 1. The van der Waals surface area contributed by atoms with Crippen LogP contribution in [0.2, 0.25) is 0 Å². The average Bonchev–Trinajstić information content (AvgIpc) is 2.60. The van der Waals surface area contributed by atoms with Gasteiger partial charge in [0.15, 0.2) is 0 Å². The highest BCUT2D eigenvalue weighted by Crippen LogP contribution is 2.28. The van der Waals surface area contributed by atoms with Gasteiger partial charge < -0.3 is 25.0 Å². The largest absolute Gasteiger partial charge is 0.496 e. The fourth-order valence-electron chi connectivity index (χ4n) is 1.98. The van der Waals surface area contributed by atoms with Crippen LogP contribution in [0.15, 0.2) is 40.9 Å². The van der Waals surface area contributed by atoms with Crippen LogP contribution in [0.3, 0.4) is 0 Å². The molecule has 0 aliphatic carbocycles. The van der Waals surface area contributed by atoms with E-state index < -0.39 is 11.9 Å². The van der Waals surface area contributed by atoms with E-state index in [9.17, 15) is 0 Å². The third kappa shape index (κ3) is 6.64. The molecule has 0 saturated heterocycles. The van der Waals surface area contributed by atoms with E-state index in [1.54, 1.807) is 14.2 Å². The van der Waals surface area contributed by atoms with Crippen LogP contribution in [-0.2, 0) is 16.1 Å². The zero-order valence-corrected chi connectivity index (χ0v) is 16.2. The second-order valence-corrected chi connectivity index (χ2v) is 5.99. The lowest BCUT2D eigenvalue weighted by atomic mass is 10.2. The van der Waals surface area contributed by atoms with Crippen molar-refractivity contribution in [2.45, 2.75) is 13.5 Å². The molecule has 0 atom stereocenters. The van der Waals surface area contributed by atoms with Crippen LogP contribution in [0.4, 0.5) is 5.69 Å². The number of rotatable bonds is 5. The van der Waals surface area contributed by atoms with E-state index in [4.69, 9.17) is 29.3 Å². The number of hydrogen-bond donors (Lipinski definition) is 3. The van der Waals surface area contributed by atoms with Crippen LogP contribution in [0.1, 0.15) is 11.1 Å². The number of methoxy groups -OCH3 is 2. The number of ether oxygens (including phenoxy) is 2. The second kappa shape index (κ2) is 10.3. The van der Waals surface area contributed by atoms with Gasteiger partial charge in [0.05, 0.1) is 24.4 Å². The number of benzene rings is 2. The quantitative estimate of drug-likeness (QED) is 0.628. The third-order valence-corrected chi connectivity index (χ3v) is 3.86. The minimum atomic E-state index is -1.82. The second-order valence-electron chi connectivity index (χ2n) is 5.14. The number of carboxylic acids is 2. The van der Waals surface area contributed by atoms with Gasteiger partial charge in [0, 0.05) is 6.54 Å². The number of aliphatic carboxylic acids is 2. The van der Waals surface area contributed by atoms with Crippen molar-refractivity contribution in [3.05, 3.63) is 52.0 Å². The van der Waals surface area contributed by atoms with Gasteiger partial charge in [0.25, 0.3) is 0 Å². The number of hydrogen-bond acceptors (Lipinski definition) is 5. The molecule has 0 aromatic heterocycles. The standard InChI is InChI=1S/C16H18BrNO2.C2H2O4/c1-11-4-6-16(20-3)14(8-11)18-10-12-5-7-15(19-2)13(17)9-12;3-1(4)2(5)6/h4-9,18H,10H2,1-3H3;(H,3,4)(H,5,6). The summed E-state index contributed by atoms with van der Waals surface area (Å²) < 4.78 is 11.5. The first-order valence-corrected chi connectivity index (χ1v) is 8.25. The van der Waals surface area contributed by atoms with E-state index in [1.807, 2.05) is 30.3 Å². The van der Waals surface area contributed by atoms with Crippen molar-refractivity contribution in [2.24, 2.45) is 0 Å². The van der Waals surface area contributed by atoms with Crippen LogP contribution in [0, 0.1) is 6.92 Å². The topological polar surface area (TPSA) is 105 Å². The Morgan fingerprint density at radius 3 is 2.08 bits per heavy atom. The first-order chi connectivity index (χ1) is 12.3. The Kier molecular flexibility index (Phi) is 8.44. The molecule has 0 saturated carbocycles. The normalized spacial score (nSPS) is 9.54. The van der Waals surface area contributed by atoms with Crippen molar-refractivity contribution in [3.63, 3.8) is 0 Å². The maximum Gasteiger partial charge on any atom is 0.414 e. The van der Waals surface area contributed by atoms with Crippen LogP contribution >= 0.6 is 15.9 Å². The minimum absolute atomic E-state index is 0.725. The molecule has 0 aliphatic rings. The lowest BCUT2D eigenvalue weighted by Crippen LogP contribution is -2.09. The molecule has 0 radical (unpaired) electrons. The molecule has 0 spiro atoms. The molecule has 0 fully saturated rings. The van der Waals surface area contributed by atoms with Gasteiger partial charge in [-0.25, -0.2) is 9.59 Å². The molecule has 7 nitrogen and oxygen atoms in total. The molecule has 140 valence electrons. The zero-order chi connectivity index (χ0) is 19.7. The molecule has 2 rings (SSSR count). The Morgan fingerprint density at radius 2 is 1.58 bits per heavy atom. The van der Waals surface area contributed by atoms with Gasteiger partial charge in [-0.3, -0.25) is 0 Å². The molecule has 0 aliphatic heterocycles. The number of anilines is 1. The fourth-order valence-corrected chi connectivity index (χ4v) is 2.57. The van der Waals surface area contributed by atoms with Crippen LogP contribution in [0.25, 0.3) is 0 Å². The highest BCUT2D eigenvalue weighted by molar-refractivity contribution is 9.10. The highest BCUT2D eigenvalue weighted by atomic mass is 79.9. The van der Waals surface area contributed by atoms with Crippen LogP contribution in [0.5, 0.6) is 11.5 Å². The van der Waals surface area contributed by atoms with Crippen molar-refractivity contribution < 1.29 is 29.3 Å². The molecule has 0 bridgehead atoms. The summed E-state index contributed by atoms with van der Waals surface area (Å²) in [6.45, 7) is 2.79. The molecule has 26 heavy (non-hydrogen) atoms. The SMILES string of the molecule is COc1ccc(CNc2cc(C)ccc2OC)cc1Br.O=C(O)C(=O)O. The predicted octanol–water partition coefficient (Wildman–Crippen LogP) is 3.54. The maximum absolute atomic E-state index is 9.10. The van der Waals surface area contributed by atoms with E-state index in [0.29, 0.717) is 0 Å². The lowest BCUT2D eigenvalue weighted by molar-refractivity contribution is -0.159. The van der Waals surface area contributed by atoms with Crippen molar-refractivity contribution in [2.75, 3.05) is 19.5 Å². The van der Waals surface area contributed by atoms with E-state index in [1.165, 1.54) is 11.1 Å². The summed E-state index contributed by atoms with van der Waals surface area (Å²) in [5.74, 6) is -1.96. The van der Waals surface area contributed by atoms with Gasteiger partial charge in [0.2, 0.25) is 0 Å². The molecule has 0 amide bonds. The molecule has 2 aromatic carbocycles. The zero-order valence-electron chi connectivity index (χ0n) is 14.6. The summed E-state index contributed by atoms with van der Waals surface area (Å²) in [6.07, 6.45) is 0. The first kappa shape index (κ1) is 21.3. The summed E-state index contributed by atoms with van der Waals surface area (Å²) in [6, 6.07) is 12.1. The van der Waals surface area contributed by atoms with Crippen molar-refractivity contribution in [3.8, 4) is 11.5 Å². The highest BCUT2D eigenvalue weighted by Gasteiger charge is 2.05. The monoisotopic (exact) mass is 425 g/mol. The summed E-state index contributed by atoms with van der Waals surface area (Å²) in [5.41, 5.74) is 3.37.